The third kappa shape index (κ3) is 4.14. The lowest BCUT2D eigenvalue weighted by molar-refractivity contribution is -0.384. The lowest BCUT2D eigenvalue weighted by atomic mass is 9.69. The first-order valence-electron chi connectivity index (χ1n) is 11.8. The molecule has 34 heavy (non-hydrogen) atoms. The predicted octanol–water partition coefficient (Wildman–Crippen LogP) is 3.40. The van der Waals surface area contributed by atoms with E-state index in [4.69, 9.17) is 4.74 Å². The van der Waals surface area contributed by atoms with Gasteiger partial charge in [-0.1, -0.05) is 39.5 Å². The fourth-order valence-corrected chi connectivity index (χ4v) is 9.28. The molecule has 2 aliphatic carbocycles. The minimum Gasteiger partial charge on any atom is -0.460 e. The van der Waals surface area contributed by atoms with Gasteiger partial charge in [-0.15, -0.1) is 0 Å². The van der Waals surface area contributed by atoms with Crippen molar-refractivity contribution in [3.05, 3.63) is 34.4 Å². The maximum absolute atomic E-state index is 13.3. The van der Waals surface area contributed by atoms with E-state index in [0.29, 0.717) is 32.0 Å². The van der Waals surface area contributed by atoms with Gasteiger partial charge in [-0.3, -0.25) is 15.4 Å². The van der Waals surface area contributed by atoms with Crippen LogP contribution in [0, 0.1) is 26.9 Å². The molecule has 188 valence electrons. The largest absolute Gasteiger partial charge is 0.460 e. The van der Waals surface area contributed by atoms with E-state index < -0.39 is 37.3 Å². The highest BCUT2D eigenvalue weighted by Gasteiger charge is 2.68. The van der Waals surface area contributed by atoms with E-state index >= 15 is 0 Å². The van der Waals surface area contributed by atoms with Crippen molar-refractivity contribution < 1.29 is 22.9 Å². The van der Waals surface area contributed by atoms with Crippen LogP contribution < -0.4 is 5.32 Å². The first-order chi connectivity index (χ1) is 15.9. The molecule has 0 spiro atoms. The summed E-state index contributed by atoms with van der Waals surface area (Å²) in [5.74, 6) is -0.106. The Morgan fingerprint density at radius 1 is 1.26 bits per heavy atom. The van der Waals surface area contributed by atoms with Crippen LogP contribution in [0.5, 0.6) is 0 Å². The summed E-state index contributed by atoms with van der Waals surface area (Å²) < 4.78 is 34.2. The molecule has 4 rings (SSSR count). The molecule has 3 fully saturated rings. The molecule has 1 saturated heterocycles. The van der Waals surface area contributed by atoms with Crippen LogP contribution in [0.15, 0.2) is 29.2 Å². The molecule has 1 aliphatic heterocycles. The molecule has 0 radical (unpaired) electrons. The predicted molar refractivity (Wildman–Crippen MR) is 130 cm³/mol. The van der Waals surface area contributed by atoms with Crippen LogP contribution in [0.4, 0.5) is 5.69 Å². The minimum atomic E-state index is -3.50. The molecule has 1 aromatic rings. The number of esters is 1. The standard InChI is InChI=1S/C23H33N3O6S2/c1-5-25(6-2)34(30,31)15-22-12-11-16(21(22,3)4)13-19(22)32-20(27)23(14-24-23)33-18-9-7-17(8-10-18)26(28)29/h7-10,16,19,24H,5-6,11-15H2,1-4H3/t16-,19-,22-,23-/m1/s1. The molecular formula is C23H33N3O6S2. The first-order valence-corrected chi connectivity index (χ1v) is 14.2. The van der Waals surface area contributed by atoms with Crippen molar-refractivity contribution in [1.82, 2.24) is 9.62 Å². The maximum Gasteiger partial charge on any atom is 0.338 e. The average molecular weight is 512 g/mol. The third-order valence-electron chi connectivity index (χ3n) is 8.31. The van der Waals surface area contributed by atoms with E-state index in [0.717, 1.165) is 17.7 Å². The number of benzene rings is 1. The molecule has 0 amide bonds. The second-order valence-corrected chi connectivity index (χ2v) is 13.5. The topological polar surface area (TPSA) is 129 Å². The highest BCUT2D eigenvalue weighted by atomic mass is 32.2. The molecule has 1 aromatic carbocycles. The molecule has 2 bridgehead atoms. The number of ether oxygens (including phenoxy) is 1. The Balaban J connectivity index is 1.53. The lowest BCUT2D eigenvalue weighted by Gasteiger charge is -2.42. The second-order valence-electron chi connectivity index (χ2n) is 10.1. The summed E-state index contributed by atoms with van der Waals surface area (Å²) in [7, 11) is -3.50. The van der Waals surface area contributed by atoms with E-state index in [9.17, 15) is 23.3 Å². The van der Waals surface area contributed by atoms with E-state index in [1.54, 1.807) is 12.1 Å². The van der Waals surface area contributed by atoms with Crippen LogP contribution in [0.2, 0.25) is 0 Å². The Bertz CT molecular complexity index is 1070. The molecule has 4 atom stereocenters. The fourth-order valence-electron chi connectivity index (χ4n) is 5.94. The van der Waals surface area contributed by atoms with Gasteiger partial charge in [-0.05, 0) is 42.7 Å². The number of fused-ring (bicyclic) bond motifs is 2. The van der Waals surface area contributed by atoms with E-state index in [2.05, 4.69) is 19.2 Å². The zero-order valence-corrected chi connectivity index (χ0v) is 21.7. The van der Waals surface area contributed by atoms with Crippen LogP contribution in [0.3, 0.4) is 0 Å². The summed E-state index contributed by atoms with van der Waals surface area (Å²) in [5, 5.41) is 14.0. The van der Waals surface area contributed by atoms with Gasteiger partial charge < -0.3 is 4.74 Å². The molecule has 9 nitrogen and oxygen atoms in total. The van der Waals surface area contributed by atoms with Gasteiger partial charge in [0.05, 0.1) is 10.7 Å². The number of non-ortho nitro benzene ring substituents is 1. The summed E-state index contributed by atoms with van der Waals surface area (Å²) >= 11 is 1.28. The van der Waals surface area contributed by atoms with Crippen LogP contribution in [0.25, 0.3) is 0 Å². The number of hydrogen-bond donors (Lipinski definition) is 1. The molecule has 0 unspecified atom stereocenters. The van der Waals surface area contributed by atoms with Gasteiger partial charge in [0, 0.05) is 42.1 Å². The van der Waals surface area contributed by atoms with Crippen molar-refractivity contribution in [2.24, 2.45) is 16.7 Å². The number of carbonyl (C=O) groups excluding carboxylic acids is 1. The number of hydrogen-bond acceptors (Lipinski definition) is 8. The lowest BCUT2D eigenvalue weighted by Crippen LogP contribution is -2.50. The van der Waals surface area contributed by atoms with Crippen molar-refractivity contribution in [1.29, 1.82) is 0 Å². The SMILES string of the molecule is CCN(CC)S(=O)(=O)C[C@]12CC[C@H](C[C@H]1OC(=O)[C@]1(Sc3ccc([N+](=O)[O-])cc3)CN1)C2(C)C. The highest BCUT2D eigenvalue weighted by Crippen LogP contribution is 2.67. The molecule has 3 aliphatic rings. The van der Waals surface area contributed by atoms with E-state index in [1.807, 2.05) is 13.8 Å². The van der Waals surface area contributed by atoms with Crippen molar-refractivity contribution >= 4 is 33.4 Å². The Morgan fingerprint density at radius 2 is 1.88 bits per heavy atom. The zero-order valence-electron chi connectivity index (χ0n) is 20.1. The minimum absolute atomic E-state index is 0.00898. The Morgan fingerprint density at radius 3 is 2.38 bits per heavy atom. The van der Waals surface area contributed by atoms with E-state index in [1.165, 1.54) is 28.2 Å². The van der Waals surface area contributed by atoms with Gasteiger partial charge in [-0.2, -0.15) is 0 Å². The van der Waals surface area contributed by atoms with Crippen molar-refractivity contribution in [3.8, 4) is 0 Å². The van der Waals surface area contributed by atoms with Crippen LogP contribution >= 0.6 is 11.8 Å². The maximum atomic E-state index is 13.3. The van der Waals surface area contributed by atoms with E-state index in [-0.39, 0.29) is 16.9 Å². The number of rotatable bonds is 10. The van der Waals surface area contributed by atoms with Crippen LogP contribution in [-0.2, 0) is 19.6 Å². The van der Waals surface area contributed by atoms with Gasteiger partial charge in [0.15, 0.2) is 4.87 Å². The summed E-state index contributed by atoms with van der Waals surface area (Å²) in [6.07, 6.45) is 1.87. The molecular weight excluding hydrogens is 478 g/mol. The number of nitro groups is 1. The molecule has 2 saturated carbocycles. The summed E-state index contributed by atoms with van der Waals surface area (Å²) in [5.41, 5.74) is -0.887. The first kappa shape index (κ1) is 25.4. The summed E-state index contributed by atoms with van der Waals surface area (Å²) in [6, 6.07) is 6.07. The normalized spacial score (nSPS) is 31.6. The van der Waals surface area contributed by atoms with Gasteiger partial charge in [0.25, 0.3) is 5.69 Å². The highest BCUT2D eigenvalue weighted by molar-refractivity contribution is 8.01. The quantitative estimate of drug-likeness (QED) is 0.219. The molecule has 1 heterocycles. The van der Waals surface area contributed by atoms with Gasteiger partial charge >= 0.3 is 5.97 Å². The van der Waals surface area contributed by atoms with Crippen LogP contribution in [0.1, 0.15) is 47.0 Å². The Labute approximate surface area is 205 Å². The van der Waals surface area contributed by atoms with Crippen LogP contribution in [-0.4, -0.2) is 60.0 Å². The second kappa shape index (κ2) is 8.76. The van der Waals surface area contributed by atoms with Gasteiger partial charge in [-0.25, -0.2) is 17.5 Å². The summed E-state index contributed by atoms with van der Waals surface area (Å²) in [6.45, 7) is 9.18. The number of carbonyl (C=O) groups is 1. The molecule has 0 aromatic heterocycles. The number of sulfonamides is 1. The average Bonchev–Trinajstić information content (AvgIpc) is 3.48. The molecule has 1 N–H and O–H groups in total. The van der Waals surface area contributed by atoms with Crippen molar-refractivity contribution in [2.75, 3.05) is 25.4 Å². The molecule has 11 heteroatoms. The van der Waals surface area contributed by atoms with Crippen molar-refractivity contribution in [3.63, 3.8) is 0 Å². The number of nitrogens with zero attached hydrogens (tertiary/aromatic N) is 2. The van der Waals surface area contributed by atoms with Crippen molar-refractivity contribution in [2.45, 2.75) is 62.8 Å². The number of nitro benzene ring substituents is 1. The number of thioether (sulfide) groups is 1. The van der Waals surface area contributed by atoms with Gasteiger partial charge in [0.1, 0.15) is 6.10 Å². The smallest absolute Gasteiger partial charge is 0.338 e. The Kier molecular flexibility index (Phi) is 6.54. The fraction of sp³-hybridized carbons (Fsp3) is 0.696. The monoisotopic (exact) mass is 511 g/mol. The number of nitrogens with one attached hydrogen (secondary N) is 1. The third-order valence-corrected chi connectivity index (χ3v) is 11.8. The zero-order chi connectivity index (χ0) is 24.9. The van der Waals surface area contributed by atoms with Gasteiger partial charge in [0.2, 0.25) is 10.0 Å². The Hall–Kier alpha value is -1.69. The summed E-state index contributed by atoms with van der Waals surface area (Å²) in [4.78, 5) is 23.6.